The lowest BCUT2D eigenvalue weighted by Gasteiger charge is -2.13. The minimum Gasteiger partial charge on any atom is -0.484 e. The Morgan fingerprint density at radius 3 is 2.41 bits per heavy atom. The number of ether oxygens (including phenoxy) is 2. The van der Waals surface area contributed by atoms with E-state index in [9.17, 15) is 19.7 Å². The molecule has 1 atom stereocenters. The highest BCUT2D eigenvalue weighted by Gasteiger charge is 2.21. The van der Waals surface area contributed by atoms with E-state index in [1.807, 2.05) is 0 Å². The molecule has 120 valence electrons. The van der Waals surface area contributed by atoms with E-state index in [-0.39, 0.29) is 23.1 Å². The zero-order valence-electron chi connectivity index (χ0n) is 12.8. The molecule has 0 aliphatic rings. The van der Waals surface area contributed by atoms with Gasteiger partial charge in [-0.25, -0.2) is 4.79 Å². The molecule has 8 nitrogen and oxygen atoms in total. The minimum absolute atomic E-state index is 0.00151. The maximum atomic E-state index is 12.1. The quantitative estimate of drug-likeness (QED) is 0.486. The van der Waals surface area contributed by atoms with Crippen LogP contribution >= 0.6 is 0 Å². The first-order valence-corrected chi connectivity index (χ1v) is 6.60. The molecular weight excluding hydrogens is 292 g/mol. The lowest BCUT2D eigenvalue weighted by atomic mass is 10.1. The van der Waals surface area contributed by atoms with Crippen LogP contribution < -0.4 is 10.1 Å². The average molecular weight is 310 g/mol. The van der Waals surface area contributed by atoms with E-state index in [4.69, 9.17) is 4.74 Å². The predicted molar refractivity (Wildman–Crippen MR) is 77.8 cm³/mol. The molecule has 1 aromatic rings. The number of nitro groups is 1. The van der Waals surface area contributed by atoms with Crippen molar-refractivity contribution in [2.45, 2.75) is 32.9 Å². The summed E-state index contributed by atoms with van der Waals surface area (Å²) >= 11 is 0. The van der Waals surface area contributed by atoms with Crippen LogP contribution in [0.1, 0.15) is 31.1 Å². The fraction of sp³-hybridized carbons (Fsp3) is 0.429. The van der Waals surface area contributed by atoms with Gasteiger partial charge in [-0.2, -0.15) is 0 Å². The first-order chi connectivity index (χ1) is 10.3. The molecule has 0 fully saturated rings. The van der Waals surface area contributed by atoms with Crippen molar-refractivity contribution < 1.29 is 24.0 Å². The van der Waals surface area contributed by atoms with E-state index in [2.05, 4.69) is 10.1 Å². The van der Waals surface area contributed by atoms with Crippen molar-refractivity contribution in [1.29, 1.82) is 0 Å². The van der Waals surface area contributed by atoms with Gasteiger partial charge in [-0.3, -0.25) is 14.9 Å². The lowest BCUT2D eigenvalue weighted by molar-refractivity contribution is -0.386. The number of amides is 1. The summed E-state index contributed by atoms with van der Waals surface area (Å²) in [5.41, 5.74) is -0.0803. The Morgan fingerprint density at radius 1 is 1.27 bits per heavy atom. The molecule has 0 aliphatic carbocycles. The van der Waals surface area contributed by atoms with Crippen molar-refractivity contribution in [3.05, 3.63) is 33.9 Å². The van der Waals surface area contributed by atoms with Crippen molar-refractivity contribution in [3.8, 4) is 5.75 Å². The molecule has 1 N–H and O–H groups in total. The molecule has 22 heavy (non-hydrogen) atoms. The Kier molecular flexibility index (Phi) is 5.85. The number of rotatable bonds is 6. The van der Waals surface area contributed by atoms with Gasteiger partial charge in [-0.05, 0) is 26.8 Å². The van der Waals surface area contributed by atoms with Gasteiger partial charge in [-0.15, -0.1) is 0 Å². The maximum Gasteiger partial charge on any atom is 0.328 e. The normalized spacial score (nSPS) is 11.7. The lowest BCUT2D eigenvalue weighted by Crippen LogP contribution is -2.39. The van der Waals surface area contributed by atoms with E-state index in [1.165, 1.54) is 32.2 Å². The number of hydrogen-bond donors (Lipinski definition) is 1. The van der Waals surface area contributed by atoms with Crippen molar-refractivity contribution in [3.63, 3.8) is 0 Å². The molecule has 0 spiro atoms. The van der Waals surface area contributed by atoms with E-state index >= 15 is 0 Å². The number of hydrogen-bond acceptors (Lipinski definition) is 6. The second-order valence-electron chi connectivity index (χ2n) is 4.82. The van der Waals surface area contributed by atoms with Gasteiger partial charge in [0.05, 0.1) is 18.1 Å². The van der Waals surface area contributed by atoms with Crippen LogP contribution in [0.3, 0.4) is 0 Å². The third-order valence-electron chi connectivity index (χ3n) is 2.68. The van der Waals surface area contributed by atoms with Crippen LogP contribution in [0.5, 0.6) is 5.75 Å². The number of nitro benzene ring substituents is 1. The van der Waals surface area contributed by atoms with E-state index in [1.54, 1.807) is 13.8 Å². The standard InChI is InChI=1S/C14H18N2O6/c1-8(2)22-12-7-10(5-6-11(12)16(19)20)13(17)15-9(3)14(18)21-4/h5-9H,1-4H3,(H,15,17)/t9-/m0/s1. The Bertz CT molecular complexity index is 585. The van der Waals surface area contributed by atoms with Crippen LogP contribution in [-0.4, -0.2) is 36.1 Å². The highest BCUT2D eigenvalue weighted by atomic mass is 16.6. The van der Waals surface area contributed by atoms with Gasteiger partial charge < -0.3 is 14.8 Å². The topological polar surface area (TPSA) is 108 Å². The summed E-state index contributed by atoms with van der Waals surface area (Å²) in [6.07, 6.45) is -0.286. The number of nitrogens with one attached hydrogen (secondary N) is 1. The Hall–Kier alpha value is -2.64. The molecule has 1 aromatic carbocycles. The van der Waals surface area contributed by atoms with Crippen LogP contribution in [-0.2, 0) is 9.53 Å². The van der Waals surface area contributed by atoms with E-state index < -0.39 is 22.8 Å². The van der Waals surface area contributed by atoms with Gasteiger partial charge in [0, 0.05) is 17.7 Å². The molecule has 0 aromatic heterocycles. The molecule has 0 saturated heterocycles. The van der Waals surface area contributed by atoms with E-state index in [0.717, 1.165) is 0 Å². The van der Waals surface area contributed by atoms with Gasteiger partial charge in [0.1, 0.15) is 6.04 Å². The van der Waals surface area contributed by atoms with Crippen molar-refractivity contribution in [2.75, 3.05) is 7.11 Å². The summed E-state index contributed by atoms with van der Waals surface area (Å²) < 4.78 is 9.87. The van der Waals surface area contributed by atoms with E-state index in [0.29, 0.717) is 0 Å². The van der Waals surface area contributed by atoms with Crippen LogP contribution in [0.15, 0.2) is 18.2 Å². The molecule has 0 heterocycles. The summed E-state index contributed by atoms with van der Waals surface area (Å²) in [5, 5.41) is 13.4. The van der Waals surface area contributed by atoms with Gasteiger partial charge in [-0.1, -0.05) is 0 Å². The first kappa shape index (κ1) is 17.4. The Morgan fingerprint density at radius 2 is 1.91 bits per heavy atom. The third kappa shape index (κ3) is 4.44. The molecule has 0 aliphatic heterocycles. The summed E-state index contributed by atoms with van der Waals surface area (Å²) in [5.74, 6) is -1.14. The molecule has 8 heteroatoms. The zero-order chi connectivity index (χ0) is 16.9. The molecule has 1 amide bonds. The molecule has 0 bridgehead atoms. The van der Waals surface area contributed by atoms with Gasteiger partial charge in [0.2, 0.25) is 0 Å². The molecule has 1 rings (SSSR count). The van der Waals surface area contributed by atoms with Crippen LogP contribution in [0.4, 0.5) is 5.69 Å². The number of carbonyl (C=O) groups excluding carboxylic acids is 2. The summed E-state index contributed by atoms with van der Waals surface area (Å²) in [4.78, 5) is 33.7. The van der Waals surface area contributed by atoms with Gasteiger partial charge in [0.15, 0.2) is 5.75 Å². The van der Waals surface area contributed by atoms with Crippen LogP contribution in [0, 0.1) is 10.1 Å². The molecule has 0 unspecified atom stereocenters. The fourth-order valence-corrected chi connectivity index (χ4v) is 1.67. The molecule has 0 saturated carbocycles. The highest BCUT2D eigenvalue weighted by Crippen LogP contribution is 2.28. The number of esters is 1. The fourth-order valence-electron chi connectivity index (χ4n) is 1.67. The third-order valence-corrected chi connectivity index (χ3v) is 2.68. The largest absolute Gasteiger partial charge is 0.484 e. The maximum absolute atomic E-state index is 12.1. The Balaban J connectivity index is 3.02. The number of benzene rings is 1. The van der Waals surface area contributed by atoms with Crippen LogP contribution in [0.25, 0.3) is 0 Å². The summed E-state index contributed by atoms with van der Waals surface area (Å²) in [7, 11) is 1.21. The van der Waals surface area contributed by atoms with Crippen LogP contribution in [0.2, 0.25) is 0 Å². The van der Waals surface area contributed by atoms with Crippen molar-refractivity contribution >= 4 is 17.6 Å². The zero-order valence-corrected chi connectivity index (χ0v) is 12.8. The summed E-state index contributed by atoms with van der Waals surface area (Å²) in [6, 6.07) is 2.93. The second-order valence-corrected chi connectivity index (χ2v) is 4.82. The summed E-state index contributed by atoms with van der Waals surface area (Å²) in [6.45, 7) is 4.91. The number of methoxy groups -OCH3 is 1. The minimum atomic E-state index is -0.831. The predicted octanol–water partition coefficient (Wildman–Crippen LogP) is 1.67. The number of nitrogens with zero attached hydrogens (tertiary/aromatic N) is 1. The highest BCUT2D eigenvalue weighted by molar-refractivity contribution is 5.97. The monoisotopic (exact) mass is 310 g/mol. The number of carbonyl (C=O) groups is 2. The van der Waals surface area contributed by atoms with Gasteiger partial charge in [0.25, 0.3) is 5.91 Å². The first-order valence-electron chi connectivity index (χ1n) is 6.60. The smallest absolute Gasteiger partial charge is 0.328 e. The SMILES string of the molecule is COC(=O)[C@H](C)NC(=O)c1ccc([N+](=O)[O-])c(OC(C)C)c1. The van der Waals surface area contributed by atoms with Crippen molar-refractivity contribution in [1.82, 2.24) is 5.32 Å². The van der Waals surface area contributed by atoms with Gasteiger partial charge >= 0.3 is 11.7 Å². The average Bonchev–Trinajstić information content (AvgIpc) is 2.45. The second kappa shape index (κ2) is 7.39. The molecule has 0 radical (unpaired) electrons. The van der Waals surface area contributed by atoms with Crippen molar-refractivity contribution in [2.24, 2.45) is 0 Å². The molecular formula is C14H18N2O6. The Labute approximate surface area is 127 Å².